The summed E-state index contributed by atoms with van der Waals surface area (Å²) in [5.74, 6) is 1.49. The van der Waals surface area contributed by atoms with E-state index in [0.29, 0.717) is 35.3 Å². The lowest BCUT2D eigenvalue weighted by atomic mass is 10.1. The molecule has 7 heteroatoms. The van der Waals surface area contributed by atoms with Crippen LogP contribution in [0.1, 0.15) is 40.8 Å². The highest BCUT2D eigenvalue weighted by atomic mass is 32.1. The van der Waals surface area contributed by atoms with Crippen molar-refractivity contribution >= 4 is 17.2 Å². The lowest BCUT2D eigenvalue weighted by Crippen LogP contribution is -2.23. The first-order valence-corrected chi connectivity index (χ1v) is 8.40. The van der Waals surface area contributed by atoms with Gasteiger partial charge in [-0.1, -0.05) is 13.8 Å². The van der Waals surface area contributed by atoms with E-state index in [4.69, 9.17) is 14.2 Å². The Labute approximate surface area is 145 Å². The van der Waals surface area contributed by atoms with Gasteiger partial charge in [0.1, 0.15) is 5.01 Å². The third-order valence-corrected chi connectivity index (χ3v) is 4.36. The fourth-order valence-electron chi connectivity index (χ4n) is 2.14. The van der Waals surface area contributed by atoms with Crippen LogP contribution in [0.3, 0.4) is 0 Å². The van der Waals surface area contributed by atoms with Crippen LogP contribution in [0.2, 0.25) is 0 Å². The second kappa shape index (κ2) is 8.01. The molecule has 6 nitrogen and oxygen atoms in total. The maximum Gasteiger partial charge on any atom is 0.251 e. The predicted molar refractivity (Wildman–Crippen MR) is 93.5 cm³/mol. The smallest absolute Gasteiger partial charge is 0.251 e. The van der Waals surface area contributed by atoms with Crippen molar-refractivity contribution in [3.8, 4) is 17.2 Å². The summed E-state index contributed by atoms with van der Waals surface area (Å²) in [7, 11) is 4.55. The number of thiazole rings is 1. The summed E-state index contributed by atoms with van der Waals surface area (Å²) < 4.78 is 15.8. The van der Waals surface area contributed by atoms with E-state index < -0.39 is 0 Å². The lowest BCUT2D eigenvalue weighted by molar-refractivity contribution is 0.0950. The van der Waals surface area contributed by atoms with E-state index >= 15 is 0 Å². The number of ether oxygens (including phenoxy) is 3. The zero-order valence-electron chi connectivity index (χ0n) is 14.5. The number of hydrogen-bond donors (Lipinski definition) is 1. The Morgan fingerprint density at radius 3 is 2.25 bits per heavy atom. The van der Waals surface area contributed by atoms with Crippen molar-refractivity contribution in [2.75, 3.05) is 21.3 Å². The van der Waals surface area contributed by atoms with E-state index in [1.54, 1.807) is 23.5 Å². The molecule has 0 aliphatic carbocycles. The zero-order chi connectivity index (χ0) is 17.7. The van der Waals surface area contributed by atoms with Crippen LogP contribution in [0.25, 0.3) is 0 Å². The predicted octanol–water partition coefficient (Wildman–Crippen LogP) is 3.22. The van der Waals surface area contributed by atoms with Crippen molar-refractivity contribution in [3.63, 3.8) is 0 Å². The number of nitrogens with one attached hydrogen (secondary N) is 1. The maximum atomic E-state index is 12.4. The van der Waals surface area contributed by atoms with Gasteiger partial charge in [0, 0.05) is 10.9 Å². The van der Waals surface area contributed by atoms with Crippen LogP contribution in [-0.2, 0) is 6.54 Å². The molecule has 130 valence electrons. The number of methoxy groups -OCH3 is 3. The van der Waals surface area contributed by atoms with Gasteiger partial charge in [-0.15, -0.1) is 11.3 Å². The topological polar surface area (TPSA) is 69.7 Å². The zero-order valence-corrected chi connectivity index (χ0v) is 15.3. The quantitative estimate of drug-likeness (QED) is 0.830. The number of hydrogen-bond acceptors (Lipinski definition) is 6. The average Bonchev–Trinajstić information content (AvgIpc) is 3.07. The molecular weight excluding hydrogens is 328 g/mol. The number of rotatable bonds is 7. The molecule has 1 N–H and O–H groups in total. The normalized spacial score (nSPS) is 10.6. The third-order valence-electron chi connectivity index (χ3n) is 3.49. The fraction of sp³-hybridized carbons (Fsp3) is 0.412. The number of aromatic nitrogens is 1. The first kappa shape index (κ1) is 18.1. The van der Waals surface area contributed by atoms with Crippen molar-refractivity contribution in [3.05, 3.63) is 33.8 Å². The average molecular weight is 350 g/mol. The molecule has 0 aliphatic heterocycles. The molecular formula is C17H22N2O4S. The van der Waals surface area contributed by atoms with E-state index in [1.807, 2.05) is 5.38 Å². The van der Waals surface area contributed by atoms with Crippen LogP contribution in [0.4, 0.5) is 0 Å². The highest BCUT2D eigenvalue weighted by molar-refractivity contribution is 7.09. The number of carbonyl (C=O) groups is 1. The SMILES string of the molecule is COc1cc(C(=O)NCc2nc(C(C)C)cs2)cc(OC)c1OC. The van der Waals surface area contributed by atoms with Crippen LogP contribution < -0.4 is 19.5 Å². The molecule has 0 aliphatic rings. The summed E-state index contributed by atoms with van der Waals surface area (Å²) in [4.78, 5) is 16.9. The minimum absolute atomic E-state index is 0.226. The van der Waals surface area contributed by atoms with Gasteiger partial charge in [-0.25, -0.2) is 4.98 Å². The van der Waals surface area contributed by atoms with Crippen molar-refractivity contribution in [2.24, 2.45) is 0 Å². The lowest BCUT2D eigenvalue weighted by Gasteiger charge is -2.13. The van der Waals surface area contributed by atoms with E-state index in [9.17, 15) is 4.79 Å². The summed E-state index contributed by atoms with van der Waals surface area (Å²) in [6, 6.07) is 3.25. The van der Waals surface area contributed by atoms with Gasteiger partial charge >= 0.3 is 0 Å². The molecule has 1 amide bonds. The van der Waals surface area contributed by atoms with Crippen molar-refractivity contribution in [1.29, 1.82) is 0 Å². The fourth-order valence-corrected chi connectivity index (χ4v) is 3.04. The highest BCUT2D eigenvalue weighted by Gasteiger charge is 2.17. The molecule has 0 saturated heterocycles. The Bertz CT molecular complexity index is 687. The standard InChI is InChI=1S/C17H22N2O4S/c1-10(2)12-9-24-15(19-12)8-18-17(20)11-6-13(21-3)16(23-5)14(7-11)22-4/h6-7,9-10H,8H2,1-5H3,(H,18,20). The van der Waals surface area contributed by atoms with E-state index in [1.165, 1.54) is 21.3 Å². The highest BCUT2D eigenvalue weighted by Crippen LogP contribution is 2.38. The van der Waals surface area contributed by atoms with Crippen molar-refractivity contribution < 1.29 is 19.0 Å². The van der Waals surface area contributed by atoms with Gasteiger partial charge in [0.25, 0.3) is 5.91 Å². The second-order valence-electron chi connectivity index (χ2n) is 5.42. The van der Waals surface area contributed by atoms with Gasteiger partial charge in [0.05, 0.1) is 33.6 Å². The van der Waals surface area contributed by atoms with Gasteiger partial charge in [-0.2, -0.15) is 0 Å². The van der Waals surface area contributed by atoms with Gasteiger partial charge < -0.3 is 19.5 Å². The van der Waals surface area contributed by atoms with Gasteiger partial charge in [0.2, 0.25) is 5.75 Å². The molecule has 0 unspecified atom stereocenters. The molecule has 2 rings (SSSR count). The van der Waals surface area contributed by atoms with Gasteiger partial charge in [-0.3, -0.25) is 4.79 Å². The molecule has 0 saturated carbocycles. The van der Waals surface area contributed by atoms with Crippen LogP contribution >= 0.6 is 11.3 Å². The molecule has 1 aromatic carbocycles. The van der Waals surface area contributed by atoms with Gasteiger partial charge in [-0.05, 0) is 18.1 Å². The Morgan fingerprint density at radius 2 is 1.79 bits per heavy atom. The number of benzene rings is 1. The van der Waals surface area contributed by atoms with Crippen LogP contribution in [0.15, 0.2) is 17.5 Å². The Balaban J connectivity index is 2.14. The molecule has 2 aromatic rings. The molecule has 0 spiro atoms. The molecule has 24 heavy (non-hydrogen) atoms. The minimum Gasteiger partial charge on any atom is -0.493 e. The first-order chi connectivity index (χ1) is 11.5. The maximum absolute atomic E-state index is 12.4. The second-order valence-corrected chi connectivity index (χ2v) is 6.36. The summed E-state index contributed by atoms with van der Waals surface area (Å²) in [6.07, 6.45) is 0. The van der Waals surface area contributed by atoms with Crippen LogP contribution in [0, 0.1) is 0 Å². The van der Waals surface area contributed by atoms with E-state index in [2.05, 4.69) is 24.1 Å². The van der Waals surface area contributed by atoms with Crippen LogP contribution in [0.5, 0.6) is 17.2 Å². The molecule has 1 aromatic heterocycles. The Kier molecular flexibility index (Phi) is 6.03. The molecule has 0 bridgehead atoms. The molecule has 1 heterocycles. The summed E-state index contributed by atoms with van der Waals surface area (Å²) in [5, 5.41) is 5.76. The molecule has 0 atom stereocenters. The summed E-state index contributed by atoms with van der Waals surface area (Å²) in [5.41, 5.74) is 1.47. The largest absolute Gasteiger partial charge is 0.493 e. The summed E-state index contributed by atoms with van der Waals surface area (Å²) in [6.45, 7) is 4.56. The Hall–Kier alpha value is -2.28. The third kappa shape index (κ3) is 3.97. The van der Waals surface area contributed by atoms with E-state index in [0.717, 1.165) is 10.7 Å². The summed E-state index contributed by atoms with van der Waals surface area (Å²) >= 11 is 1.54. The minimum atomic E-state index is -0.226. The monoisotopic (exact) mass is 350 g/mol. The van der Waals surface area contributed by atoms with Gasteiger partial charge in [0.15, 0.2) is 11.5 Å². The Morgan fingerprint density at radius 1 is 1.17 bits per heavy atom. The van der Waals surface area contributed by atoms with Crippen molar-refractivity contribution in [2.45, 2.75) is 26.3 Å². The molecule has 0 radical (unpaired) electrons. The molecule has 0 fully saturated rings. The number of amides is 1. The van der Waals surface area contributed by atoms with Crippen molar-refractivity contribution in [1.82, 2.24) is 10.3 Å². The van der Waals surface area contributed by atoms with Crippen LogP contribution in [-0.4, -0.2) is 32.2 Å². The van der Waals surface area contributed by atoms with E-state index in [-0.39, 0.29) is 5.91 Å². The first-order valence-electron chi connectivity index (χ1n) is 7.52. The number of nitrogens with zero attached hydrogens (tertiary/aromatic N) is 1. The number of carbonyl (C=O) groups excluding carboxylic acids is 1.